The van der Waals surface area contributed by atoms with E-state index in [-0.39, 0.29) is 29.3 Å². The van der Waals surface area contributed by atoms with E-state index < -0.39 is 28.5 Å². The van der Waals surface area contributed by atoms with E-state index in [1.807, 2.05) is 64.1 Å². The van der Waals surface area contributed by atoms with Crippen molar-refractivity contribution in [2.75, 3.05) is 10.8 Å². The van der Waals surface area contributed by atoms with Gasteiger partial charge in [-0.3, -0.25) is 13.9 Å². The molecule has 0 aliphatic carbocycles. The van der Waals surface area contributed by atoms with Gasteiger partial charge in [0.05, 0.1) is 10.6 Å². The molecular weight excluding hydrogens is 522 g/mol. The average Bonchev–Trinajstić information content (AvgIpc) is 2.92. The molecule has 0 aliphatic rings. The number of hydrogen-bond acceptors (Lipinski definition) is 4. The van der Waals surface area contributed by atoms with E-state index in [0.717, 1.165) is 21.0 Å². The fourth-order valence-electron chi connectivity index (χ4n) is 4.46. The van der Waals surface area contributed by atoms with Crippen LogP contribution in [-0.4, -0.2) is 43.8 Å². The number of sulfonamides is 1. The Balaban J connectivity index is 2.06. The Morgan fingerprint density at radius 3 is 1.98 bits per heavy atom. The molecule has 3 rings (SSSR count). The van der Waals surface area contributed by atoms with Gasteiger partial charge in [-0.1, -0.05) is 80.9 Å². The molecule has 0 saturated heterocycles. The standard InChI is InChI=1S/C32H41N3O4S/c1-7-30(32(37)33-24(4)5)34(21-26-15-13-25(6)14-16-26)31(36)22-35(28-19-17-27(18-20-28)23(2)3)40(38,39)29-11-9-8-10-12-29/h8-20,23-24,30H,7,21-22H2,1-6H3,(H,33,37). The summed E-state index contributed by atoms with van der Waals surface area (Å²) in [5.74, 6) is -0.458. The van der Waals surface area contributed by atoms with Gasteiger partial charge in [-0.15, -0.1) is 0 Å². The van der Waals surface area contributed by atoms with Gasteiger partial charge in [0.15, 0.2) is 0 Å². The molecule has 7 nitrogen and oxygen atoms in total. The molecule has 0 aliphatic heterocycles. The van der Waals surface area contributed by atoms with Crippen LogP contribution in [0.2, 0.25) is 0 Å². The maximum absolute atomic E-state index is 14.1. The summed E-state index contributed by atoms with van der Waals surface area (Å²) in [6.45, 7) is 11.4. The van der Waals surface area contributed by atoms with Crippen molar-refractivity contribution in [1.29, 1.82) is 0 Å². The summed E-state index contributed by atoms with van der Waals surface area (Å²) in [5, 5.41) is 2.92. The van der Waals surface area contributed by atoms with Gasteiger partial charge in [0.25, 0.3) is 10.0 Å². The van der Waals surface area contributed by atoms with Crippen LogP contribution in [0.4, 0.5) is 5.69 Å². The molecule has 214 valence electrons. The Morgan fingerprint density at radius 1 is 0.850 bits per heavy atom. The van der Waals surface area contributed by atoms with Gasteiger partial charge < -0.3 is 10.2 Å². The van der Waals surface area contributed by atoms with Crippen molar-refractivity contribution >= 4 is 27.5 Å². The molecule has 0 bridgehead atoms. The minimum absolute atomic E-state index is 0.0883. The molecule has 2 amide bonds. The number of aryl methyl sites for hydroxylation is 1. The zero-order valence-electron chi connectivity index (χ0n) is 24.3. The van der Waals surface area contributed by atoms with Gasteiger partial charge >= 0.3 is 0 Å². The highest BCUT2D eigenvalue weighted by Gasteiger charge is 2.33. The number of rotatable bonds is 12. The summed E-state index contributed by atoms with van der Waals surface area (Å²) >= 11 is 0. The van der Waals surface area contributed by atoms with Crippen LogP contribution < -0.4 is 9.62 Å². The molecular formula is C32H41N3O4S. The third kappa shape index (κ3) is 7.72. The average molecular weight is 564 g/mol. The predicted molar refractivity (Wildman–Crippen MR) is 161 cm³/mol. The van der Waals surface area contributed by atoms with E-state index in [4.69, 9.17) is 0 Å². The molecule has 40 heavy (non-hydrogen) atoms. The second-order valence-electron chi connectivity index (χ2n) is 10.7. The van der Waals surface area contributed by atoms with Crippen LogP contribution in [0.3, 0.4) is 0 Å². The molecule has 0 aromatic heterocycles. The zero-order valence-corrected chi connectivity index (χ0v) is 25.1. The Bertz CT molecular complexity index is 1370. The van der Waals surface area contributed by atoms with Crippen LogP contribution >= 0.6 is 0 Å². The Kier molecular flexibility index (Phi) is 10.5. The number of benzene rings is 3. The van der Waals surface area contributed by atoms with Crippen molar-refractivity contribution in [3.8, 4) is 0 Å². The van der Waals surface area contributed by atoms with Gasteiger partial charge in [0.1, 0.15) is 12.6 Å². The van der Waals surface area contributed by atoms with Crippen LogP contribution in [0.15, 0.2) is 83.8 Å². The van der Waals surface area contributed by atoms with Crippen molar-refractivity contribution in [2.45, 2.75) is 77.4 Å². The lowest BCUT2D eigenvalue weighted by atomic mass is 10.0. The first kappa shape index (κ1) is 30.9. The van der Waals surface area contributed by atoms with Gasteiger partial charge in [0, 0.05) is 12.6 Å². The maximum Gasteiger partial charge on any atom is 0.264 e. The van der Waals surface area contributed by atoms with Crippen LogP contribution in [0.1, 0.15) is 63.6 Å². The number of hydrogen-bond donors (Lipinski definition) is 1. The summed E-state index contributed by atoms with van der Waals surface area (Å²) in [7, 11) is -4.08. The highest BCUT2D eigenvalue weighted by Crippen LogP contribution is 2.27. The third-order valence-corrected chi connectivity index (χ3v) is 8.54. The van der Waals surface area contributed by atoms with Gasteiger partial charge in [-0.05, 0) is 68.5 Å². The lowest BCUT2D eigenvalue weighted by Gasteiger charge is -2.33. The van der Waals surface area contributed by atoms with Gasteiger partial charge in [0.2, 0.25) is 11.8 Å². The molecule has 1 unspecified atom stereocenters. The van der Waals surface area contributed by atoms with Crippen LogP contribution in [-0.2, 0) is 26.2 Å². The topological polar surface area (TPSA) is 86.8 Å². The van der Waals surface area contributed by atoms with E-state index >= 15 is 0 Å². The van der Waals surface area contributed by atoms with Crippen molar-refractivity contribution < 1.29 is 18.0 Å². The summed E-state index contributed by atoms with van der Waals surface area (Å²) in [6.07, 6.45) is 0.380. The zero-order chi connectivity index (χ0) is 29.4. The maximum atomic E-state index is 14.1. The number of amides is 2. The largest absolute Gasteiger partial charge is 0.352 e. The first-order valence-electron chi connectivity index (χ1n) is 13.8. The van der Waals surface area contributed by atoms with Crippen molar-refractivity contribution in [3.05, 3.63) is 95.6 Å². The van der Waals surface area contributed by atoms with Crippen LogP contribution in [0.5, 0.6) is 0 Å². The highest BCUT2D eigenvalue weighted by atomic mass is 32.2. The Morgan fingerprint density at radius 2 is 1.45 bits per heavy atom. The first-order valence-corrected chi connectivity index (χ1v) is 15.2. The fourth-order valence-corrected chi connectivity index (χ4v) is 5.90. The summed E-state index contributed by atoms with van der Waals surface area (Å²) in [5.41, 5.74) is 3.38. The number of nitrogens with one attached hydrogen (secondary N) is 1. The van der Waals surface area contributed by atoms with E-state index in [0.29, 0.717) is 12.1 Å². The lowest BCUT2D eigenvalue weighted by molar-refractivity contribution is -0.140. The second-order valence-corrected chi connectivity index (χ2v) is 12.5. The number of carbonyl (C=O) groups is 2. The highest BCUT2D eigenvalue weighted by molar-refractivity contribution is 7.92. The minimum Gasteiger partial charge on any atom is -0.352 e. The molecule has 0 fully saturated rings. The normalized spacial score (nSPS) is 12.3. The SMILES string of the molecule is CCC(C(=O)NC(C)C)N(Cc1ccc(C)cc1)C(=O)CN(c1ccc(C(C)C)cc1)S(=O)(=O)c1ccccc1. The van der Waals surface area contributed by atoms with E-state index in [1.54, 1.807) is 30.3 Å². The summed E-state index contributed by atoms with van der Waals surface area (Å²) < 4.78 is 28.9. The van der Waals surface area contributed by atoms with E-state index in [2.05, 4.69) is 19.2 Å². The molecule has 1 atom stereocenters. The number of carbonyl (C=O) groups excluding carboxylic acids is 2. The Hall–Kier alpha value is -3.65. The quantitative estimate of drug-likeness (QED) is 0.309. The molecule has 3 aromatic rings. The second kappa shape index (κ2) is 13.6. The molecule has 3 aromatic carbocycles. The molecule has 0 heterocycles. The smallest absolute Gasteiger partial charge is 0.264 e. The summed E-state index contributed by atoms with van der Waals surface area (Å²) in [6, 6.07) is 22.2. The molecule has 0 saturated carbocycles. The van der Waals surface area contributed by atoms with E-state index in [9.17, 15) is 18.0 Å². The lowest BCUT2D eigenvalue weighted by Crippen LogP contribution is -2.53. The first-order chi connectivity index (χ1) is 18.9. The summed E-state index contributed by atoms with van der Waals surface area (Å²) in [4.78, 5) is 28.9. The van der Waals surface area contributed by atoms with Crippen LogP contribution in [0, 0.1) is 6.92 Å². The van der Waals surface area contributed by atoms with Crippen molar-refractivity contribution in [1.82, 2.24) is 10.2 Å². The van der Waals surface area contributed by atoms with Crippen LogP contribution in [0.25, 0.3) is 0 Å². The minimum atomic E-state index is -4.08. The molecule has 8 heteroatoms. The van der Waals surface area contributed by atoms with Crippen molar-refractivity contribution in [3.63, 3.8) is 0 Å². The fraction of sp³-hybridized carbons (Fsp3) is 0.375. The van der Waals surface area contributed by atoms with Gasteiger partial charge in [-0.2, -0.15) is 0 Å². The molecule has 0 radical (unpaired) electrons. The molecule has 1 N–H and O–H groups in total. The third-order valence-electron chi connectivity index (χ3n) is 6.75. The number of nitrogens with zero attached hydrogens (tertiary/aromatic N) is 2. The number of anilines is 1. The van der Waals surface area contributed by atoms with Crippen molar-refractivity contribution in [2.24, 2.45) is 0 Å². The van der Waals surface area contributed by atoms with E-state index in [1.165, 1.54) is 17.0 Å². The monoisotopic (exact) mass is 563 g/mol. The Labute approximate surface area is 239 Å². The molecule has 0 spiro atoms. The van der Waals surface area contributed by atoms with Gasteiger partial charge in [-0.25, -0.2) is 8.42 Å². The predicted octanol–water partition coefficient (Wildman–Crippen LogP) is 5.65.